The molecule has 0 spiro atoms. The number of aliphatic hydroxyl groups excluding tert-OH is 1. The van der Waals surface area contributed by atoms with Crippen LogP contribution in [-0.4, -0.2) is 49.5 Å². The van der Waals surface area contributed by atoms with Crippen LogP contribution >= 0.6 is 0 Å². The molecule has 0 aromatic heterocycles. The van der Waals surface area contributed by atoms with E-state index in [2.05, 4.69) is 11.8 Å². The standard InChI is InChI=1S/C11H23NO2/c1-3-10-4-6-12(7-5-10)8-11(13)9-14-2/h10-11,13H,3-9H2,1-2H3. The number of hydrogen-bond acceptors (Lipinski definition) is 3. The molecule has 0 radical (unpaired) electrons. The number of likely N-dealkylation sites (tertiary alicyclic amines) is 1. The molecule has 3 nitrogen and oxygen atoms in total. The molecule has 1 N–H and O–H groups in total. The fourth-order valence-electron chi connectivity index (χ4n) is 2.12. The van der Waals surface area contributed by atoms with Gasteiger partial charge in [0.1, 0.15) is 0 Å². The van der Waals surface area contributed by atoms with E-state index in [1.807, 2.05) is 0 Å². The third-order valence-electron chi connectivity index (χ3n) is 3.11. The van der Waals surface area contributed by atoms with Crippen molar-refractivity contribution in [3.8, 4) is 0 Å². The molecule has 14 heavy (non-hydrogen) atoms. The maximum absolute atomic E-state index is 9.56. The van der Waals surface area contributed by atoms with Crippen LogP contribution in [0.5, 0.6) is 0 Å². The van der Waals surface area contributed by atoms with Gasteiger partial charge < -0.3 is 14.7 Å². The second-order valence-electron chi connectivity index (χ2n) is 4.26. The minimum Gasteiger partial charge on any atom is -0.389 e. The van der Waals surface area contributed by atoms with Crippen LogP contribution in [0.25, 0.3) is 0 Å². The number of ether oxygens (including phenoxy) is 1. The minimum atomic E-state index is -0.321. The number of nitrogens with zero attached hydrogens (tertiary/aromatic N) is 1. The molecule has 0 saturated carbocycles. The highest BCUT2D eigenvalue weighted by Crippen LogP contribution is 2.19. The zero-order valence-electron chi connectivity index (χ0n) is 9.41. The van der Waals surface area contributed by atoms with Crippen LogP contribution < -0.4 is 0 Å². The van der Waals surface area contributed by atoms with E-state index in [4.69, 9.17) is 4.74 Å². The van der Waals surface area contributed by atoms with Crippen molar-refractivity contribution in [3.05, 3.63) is 0 Å². The molecule has 0 bridgehead atoms. The van der Waals surface area contributed by atoms with E-state index in [9.17, 15) is 5.11 Å². The first-order valence-corrected chi connectivity index (χ1v) is 5.65. The fourth-order valence-corrected chi connectivity index (χ4v) is 2.12. The Morgan fingerprint density at radius 3 is 2.57 bits per heavy atom. The Morgan fingerprint density at radius 2 is 2.07 bits per heavy atom. The Hall–Kier alpha value is -0.120. The second kappa shape index (κ2) is 6.38. The molecule has 1 aliphatic heterocycles. The number of rotatable bonds is 5. The molecule has 84 valence electrons. The van der Waals surface area contributed by atoms with Gasteiger partial charge in [0.15, 0.2) is 0 Å². The average molecular weight is 201 g/mol. The summed E-state index contributed by atoms with van der Waals surface area (Å²) in [7, 11) is 1.63. The van der Waals surface area contributed by atoms with Gasteiger partial charge in [-0.05, 0) is 31.8 Å². The molecule has 1 heterocycles. The van der Waals surface area contributed by atoms with Gasteiger partial charge in [-0.2, -0.15) is 0 Å². The lowest BCUT2D eigenvalue weighted by Crippen LogP contribution is -2.40. The van der Waals surface area contributed by atoms with Crippen LogP contribution in [0, 0.1) is 5.92 Å². The molecule has 1 unspecified atom stereocenters. The Labute approximate surface area is 87.1 Å². The van der Waals surface area contributed by atoms with Crippen LogP contribution in [0.3, 0.4) is 0 Å². The largest absolute Gasteiger partial charge is 0.389 e. The van der Waals surface area contributed by atoms with E-state index in [1.54, 1.807) is 7.11 Å². The Bertz CT molecular complexity index is 144. The highest BCUT2D eigenvalue weighted by molar-refractivity contribution is 4.73. The van der Waals surface area contributed by atoms with E-state index < -0.39 is 0 Å². The molecule has 1 fully saturated rings. The van der Waals surface area contributed by atoms with Gasteiger partial charge in [-0.3, -0.25) is 0 Å². The number of methoxy groups -OCH3 is 1. The normalized spacial score (nSPS) is 22.5. The summed E-state index contributed by atoms with van der Waals surface area (Å²) in [6, 6.07) is 0. The number of hydrogen-bond donors (Lipinski definition) is 1. The molecular weight excluding hydrogens is 178 g/mol. The lowest BCUT2D eigenvalue weighted by Gasteiger charge is -2.32. The van der Waals surface area contributed by atoms with Gasteiger partial charge in [0.2, 0.25) is 0 Å². The summed E-state index contributed by atoms with van der Waals surface area (Å²) in [5, 5.41) is 9.56. The Balaban J connectivity index is 2.15. The number of piperidine rings is 1. The summed E-state index contributed by atoms with van der Waals surface area (Å²) in [6.45, 7) is 5.76. The monoisotopic (exact) mass is 201 g/mol. The molecule has 0 aromatic carbocycles. The zero-order valence-corrected chi connectivity index (χ0v) is 9.41. The second-order valence-corrected chi connectivity index (χ2v) is 4.26. The van der Waals surface area contributed by atoms with E-state index in [0.717, 1.165) is 25.6 Å². The van der Waals surface area contributed by atoms with Gasteiger partial charge in [0.05, 0.1) is 12.7 Å². The van der Waals surface area contributed by atoms with E-state index in [-0.39, 0.29) is 6.10 Å². The zero-order chi connectivity index (χ0) is 10.4. The van der Waals surface area contributed by atoms with Crippen LogP contribution in [0.2, 0.25) is 0 Å². The van der Waals surface area contributed by atoms with E-state index in [0.29, 0.717) is 6.61 Å². The van der Waals surface area contributed by atoms with Gasteiger partial charge in [0.25, 0.3) is 0 Å². The Kier molecular flexibility index (Phi) is 5.45. The maximum atomic E-state index is 9.56. The number of β-amino-alcohol motifs (C(OH)–C–C–N with tert-alkyl or cyclic N) is 1. The van der Waals surface area contributed by atoms with Gasteiger partial charge in [-0.25, -0.2) is 0 Å². The van der Waals surface area contributed by atoms with Crippen molar-refractivity contribution in [1.29, 1.82) is 0 Å². The highest BCUT2D eigenvalue weighted by atomic mass is 16.5. The van der Waals surface area contributed by atoms with E-state index in [1.165, 1.54) is 19.3 Å². The first-order valence-electron chi connectivity index (χ1n) is 5.65. The van der Waals surface area contributed by atoms with Crippen LogP contribution in [-0.2, 0) is 4.74 Å². The minimum absolute atomic E-state index is 0.321. The van der Waals surface area contributed by atoms with Crippen molar-refractivity contribution in [2.24, 2.45) is 5.92 Å². The summed E-state index contributed by atoms with van der Waals surface area (Å²) in [6.07, 6.45) is 3.55. The van der Waals surface area contributed by atoms with Gasteiger partial charge in [-0.1, -0.05) is 13.3 Å². The molecule has 1 aliphatic rings. The van der Waals surface area contributed by atoms with Crippen LogP contribution in [0.1, 0.15) is 26.2 Å². The molecule has 1 atom stereocenters. The lowest BCUT2D eigenvalue weighted by atomic mass is 9.94. The van der Waals surface area contributed by atoms with Gasteiger partial charge in [-0.15, -0.1) is 0 Å². The summed E-state index contributed by atoms with van der Waals surface area (Å²) >= 11 is 0. The van der Waals surface area contributed by atoms with Crippen LogP contribution in [0.4, 0.5) is 0 Å². The molecule has 1 saturated heterocycles. The van der Waals surface area contributed by atoms with Gasteiger partial charge in [0, 0.05) is 13.7 Å². The summed E-state index contributed by atoms with van der Waals surface area (Å²) in [4.78, 5) is 2.34. The van der Waals surface area contributed by atoms with Crippen molar-refractivity contribution in [2.45, 2.75) is 32.3 Å². The molecule has 3 heteroatoms. The molecular formula is C11H23NO2. The predicted octanol–water partition coefficient (Wildman–Crippen LogP) is 1.12. The molecule has 0 amide bonds. The molecule has 0 aliphatic carbocycles. The van der Waals surface area contributed by atoms with E-state index >= 15 is 0 Å². The highest BCUT2D eigenvalue weighted by Gasteiger charge is 2.19. The maximum Gasteiger partial charge on any atom is 0.0900 e. The average Bonchev–Trinajstić information content (AvgIpc) is 2.19. The van der Waals surface area contributed by atoms with Crippen molar-refractivity contribution in [3.63, 3.8) is 0 Å². The topological polar surface area (TPSA) is 32.7 Å². The van der Waals surface area contributed by atoms with Crippen molar-refractivity contribution in [1.82, 2.24) is 4.90 Å². The summed E-state index contributed by atoms with van der Waals surface area (Å²) in [5.74, 6) is 0.908. The Morgan fingerprint density at radius 1 is 1.43 bits per heavy atom. The molecule has 0 aromatic rings. The van der Waals surface area contributed by atoms with Crippen molar-refractivity contribution in [2.75, 3.05) is 33.4 Å². The smallest absolute Gasteiger partial charge is 0.0900 e. The quantitative estimate of drug-likeness (QED) is 0.723. The summed E-state index contributed by atoms with van der Waals surface area (Å²) < 4.78 is 4.91. The fraction of sp³-hybridized carbons (Fsp3) is 1.00. The third kappa shape index (κ3) is 3.95. The third-order valence-corrected chi connectivity index (χ3v) is 3.11. The lowest BCUT2D eigenvalue weighted by molar-refractivity contribution is 0.0291. The predicted molar refractivity (Wildman–Crippen MR) is 57.3 cm³/mol. The number of aliphatic hydroxyl groups is 1. The van der Waals surface area contributed by atoms with Crippen molar-refractivity contribution < 1.29 is 9.84 Å². The first kappa shape index (κ1) is 12.0. The molecule has 1 rings (SSSR count). The van der Waals surface area contributed by atoms with Gasteiger partial charge >= 0.3 is 0 Å². The van der Waals surface area contributed by atoms with Crippen LogP contribution in [0.15, 0.2) is 0 Å². The van der Waals surface area contributed by atoms with Crippen molar-refractivity contribution >= 4 is 0 Å². The summed E-state index contributed by atoms with van der Waals surface area (Å²) in [5.41, 5.74) is 0. The first-order chi connectivity index (χ1) is 6.76. The SMILES string of the molecule is CCC1CCN(CC(O)COC)CC1.